The lowest BCUT2D eigenvalue weighted by molar-refractivity contribution is 0.755. The van der Waals surface area contributed by atoms with Crippen molar-refractivity contribution in [3.8, 4) is 6.07 Å². The summed E-state index contributed by atoms with van der Waals surface area (Å²) in [6.45, 7) is 6.53. The maximum Gasteiger partial charge on any atom is 0.0946 e. The van der Waals surface area contributed by atoms with E-state index in [2.05, 4.69) is 51.1 Å². The Bertz CT molecular complexity index is 423. The van der Waals surface area contributed by atoms with Crippen LogP contribution in [0.25, 0.3) is 0 Å². The third-order valence-corrected chi connectivity index (χ3v) is 3.36. The Morgan fingerprint density at radius 3 is 2.22 bits per heavy atom. The molecule has 1 nitrogen and oxygen atoms in total. The molecule has 0 N–H and O–H groups in total. The first-order valence-electron chi connectivity index (χ1n) is 6.91. The molecular weight excluding hydrogens is 218 g/mol. The van der Waals surface area contributed by atoms with Crippen LogP contribution in [0, 0.1) is 11.3 Å². The summed E-state index contributed by atoms with van der Waals surface area (Å²) in [6.07, 6.45) is 4.07. The Kier molecular flexibility index (Phi) is 6.22. The average molecular weight is 241 g/mol. The molecule has 0 aliphatic carbocycles. The monoisotopic (exact) mass is 241 g/mol. The minimum atomic E-state index is 0.354. The van der Waals surface area contributed by atoms with Gasteiger partial charge in [0, 0.05) is 11.5 Å². The van der Waals surface area contributed by atoms with Crippen molar-refractivity contribution in [3.05, 3.63) is 47.0 Å². The third-order valence-electron chi connectivity index (χ3n) is 3.36. The lowest BCUT2D eigenvalue weighted by Gasteiger charge is -2.18. The summed E-state index contributed by atoms with van der Waals surface area (Å²) in [5, 5.41) is 9.34. The van der Waals surface area contributed by atoms with Gasteiger partial charge >= 0.3 is 0 Å². The van der Waals surface area contributed by atoms with Gasteiger partial charge in [-0.25, -0.2) is 0 Å². The average Bonchev–Trinajstić information content (AvgIpc) is 2.43. The number of hydrogen-bond acceptors (Lipinski definition) is 1. The van der Waals surface area contributed by atoms with E-state index in [1.807, 2.05) is 6.07 Å². The van der Waals surface area contributed by atoms with Crippen LogP contribution in [0.2, 0.25) is 0 Å². The van der Waals surface area contributed by atoms with Crippen molar-refractivity contribution in [3.63, 3.8) is 0 Å². The molecule has 0 aliphatic rings. The van der Waals surface area contributed by atoms with Gasteiger partial charge in [-0.2, -0.15) is 5.26 Å². The second-order valence-corrected chi connectivity index (χ2v) is 4.75. The molecule has 0 aromatic heterocycles. The predicted molar refractivity (Wildman–Crippen MR) is 77.3 cm³/mol. The van der Waals surface area contributed by atoms with Crippen LogP contribution in [0.3, 0.4) is 0 Å². The van der Waals surface area contributed by atoms with E-state index in [0.29, 0.717) is 5.92 Å². The van der Waals surface area contributed by atoms with Crippen LogP contribution in [-0.4, -0.2) is 0 Å². The molecule has 1 aromatic rings. The second-order valence-electron chi connectivity index (χ2n) is 4.75. The fraction of sp³-hybridized carbons (Fsp3) is 0.471. The Morgan fingerprint density at radius 2 is 1.72 bits per heavy atom. The molecule has 1 rings (SSSR count). The molecule has 0 saturated heterocycles. The largest absolute Gasteiger partial charge is 0.193 e. The molecule has 18 heavy (non-hydrogen) atoms. The highest BCUT2D eigenvalue weighted by molar-refractivity contribution is 5.36. The van der Waals surface area contributed by atoms with E-state index in [9.17, 15) is 5.26 Å². The molecule has 0 amide bonds. The maximum absolute atomic E-state index is 9.34. The molecule has 0 saturated carbocycles. The van der Waals surface area contributed by atoms with Crippen LogP contribution in [0.5, 0.6) is 0 Å². The van der Waals surface area contributed by atoms with Crippen LogP contribution in [-0.2, 0) is 0 Å². The Morgan fingerprint density at radius 1 is 1.11 bits per heavy atom. The van der Waals surface area contributed by atoms with Gasteiger partial charge in [0.05, 0.1) is 6.07 Å². The molecule has 0 spiro atoms. The van der Waals surface area contributed by atoms with Gasteiger partial charge in [0.1, 0.15) is 0 Å². The standard InChI is InChI=1S/C17H23N/c1-4-9-16(13-18)17(10-5-2)14(3)15-11-7-6-8-12-15/h6-8,11-12,14H,4-5,9-10H2,1-3H3/b17-16-/t14-/m0/s1. The normalized spacial score (nSPS) is 13.7. The molecule has 0 heterocycles. The van der Waals surface area contributed by atoms with Gasteiger partial charge in [-0.05, 0) is 24.0 Å². The van der Waals surface area contributed by atoms with Gasteiger partial charge < -0.3 is 0 Å². The van der Waals surface area contributed by atoms with Crippen LogP contribution in [0.4, 0.5) is 0 Å². The fourth-order valence-electron chi connectivity index (χ4n) is 2.38. The number of benzene rings is 1. The first-order valence-corrected chi connectivity index (χ1v) is 6.91. The van der Waals surface area contributed by atoms with E-state index in [1.165, 1.54) is 11.1 Å². The van der Waals surface area contributed by atoms with Crippen molar-refractivity contribution in [1.82, 2.24) is 0 Å². The summed E-state index contributed by atoms with van der Waals surface area (Å²) < 4.78 is 0. The zero-order valence-corrected chi connectivity index (χ0v) is 11.7. The zero-order chi connectivity index (χ0) is 13.4. The minimum Gasteiger partial charge on any atom is -0.193 e. The van der Waals surface area contributed by atoms with E-state index in [-0.39, 0.29) is 0 Å². The molecule has 1 atom stereocenters. The van der Waals surface area contributed by atoms with Gasteiger partial charge in [-0.1, -0.05) is 63.9 Å². The van der Waals surface area contributed by atoms with Crippen molar-refractivity contribution >= 4 is 0 Å². The third kappa shape index (κ3) is 3.74. The van der Waals surface area contributed by atoms with Crippen LogP contribution in [0.15, 0.2) is 41.5 Å². The zero-order valence-electron chi connectivity index (χ0n) is 11.7. The van der Waals surface area contributed by atoms with Crippen molar-refractivity contribution in [2.45, 2.75) is 52.4 Å². The lowest BCUT2D eigenvalue weighted by atomic mass is 9.86. The van der Waals surface area contributed by atoms with Crippen molar-refractivity contribution < 1.29 is 0 Å². The summed E-state index contributed by atoms with van der Waals surface area (Å²) in [6, 6.07) is 12.9. The predicted octanol–water partition coefficient (Wildman–Crippen LogP) is 5.21. The number of hydrogen-bond donors (Lipinski definition) is 0. The summed E-state index contributed by atoms with van der Waals surface area (Å²) in [4.78, 5) is 0. The molecule has 0 bridgehead atoms. The van der Waals surface area contributed by atoms with E-state index >= 15 is 0 Å². The highest BCUT2D eigenvalue weighted by Gasteiger charge is 2.14. The highest BCUT2D eigenvalue weighted by atomic mass is 14.3. The Balaban J connectivity index is 3.09. The number of rotatable bonds is 6. The van der Waals surface area contributed by atoms with Crippen LogP contribution in [0.1, 0.15) is 57.9 Å². The van der Waals surface area contributed by atoms with E-state index in [4.69, 9.17) is 0 Å². The SMILES string of the molecule is CCC/C(C#N)=C(\CCC)[C@@H](C)c1ccccc1. The van der Waals surface area contributed by atoms with Gasteiger partial charge in [0.2, 0.25) is 0 Å². The molecule has 96 valence electrons. The number of nitrogens with zero attached hydrogens (tertiary/aromatic N) is 1. The second kappa shape index (κ2) is 7.71. The molecule has 1 aromatic carbocycles. The first kappa shape index (κ1) is 14.5. The van der Waals surface area contributed by atoms with Gasteiger partial charge in [0.15, 0.2) is 0 Å². The summed E-state index contributed by atoms with van der Waals surface area (Å²) in [7, 11) is 0. The fourth-order valence-corrected chi connectivity index (χ4v) is 2.38. The Labute approximate surface area is 111 Å². The molecule has 0 unspecified atom stereocenters. The topological polar surface area (TPSA) is 23.8 Å². The van der Waals surface area contributed by atoms with Crippen LogP contribution < -0.4 is 0 Å². The summed E-state index contributed by atoms with van der Waals surface area (Å²) >= 11 is 0. The van der Waals surface area contributed by atoms with Crippen molar-refractivity contribution in [1.29, 1.82) is 5.26 Å². The number of nitriles is 1. The smallest absolute Gasteiger partial charge is 0.0946 e. The first-order chi connectivity index (χ1) is 8.74. The lowest BCUT2D eigenvalue weighted by Crippen LogP contribution is -2.02. The summed E-state index contributed by atoms with van der Waals surface area (Å²) in [5.74, 6) is 0.354. The van der Waals surface area contributed by atoms with E-state index in [0.717, 1.165) is 31.3 Å². The molecule has 1 heteroatoms. The van der Waals surface area contributed by atoms with Gasteiger partial charge in [0.25, 0.3) is 0 Å². The van der Waals surface area contributed by atoms with E-state index in [1.54, 1.807) is 0 Å². The van der Waals surface area contributed by atoms with Crippen molar-refractivity contribution in [2.75, 3.05) is 0 Å². The maximum atomic E-state index is 9.34. The quantitative estimate of drug-likeness (QED) is 0.627. The Hall–Kier alpha value is -1.55. The molecular formula is C17H23N. The molecule has 0 radical (unpaired) electrons. The summed E-state index contributed by atoms with van der Waals surface area (Å²) in [5.41, 5.74) is 3.63. The highest BCUT2D eigenvalue weighted by Crippen LogP contribution is 2.31. The van der Waals surface area contributed by atoms with Gasteiger partial charge in [-0.3, -0.25) is 0 Å². The molecule has 0 fully saturated rings. The molecule has 0 aliphatic heterocycles. The van der Waals surface area contributed by atoms with E-state index < -0.39 is 0 Å². The van der Waals surface area contributed by atoms with Gasteiger partial charge in [-0.15, -0.1) is 0 Å². The van der Waals surface area contributed by atoms with Crippen LogP contribution >= 0.6 is 0 Å². The number of allylic oxidation sites excluding steroid dienone is 2. The minimum absolute atomic E-state index is 0.354. The van der Waals surface area contributed by atoms with Crippen molar-refractivity contribution in [2.24, 2.45) is 0 Å².